The van der Waals surface area contributed by atoms with Crippen LogP contribution >= 0.6 is 15.9 Å². The Morgan fingerprint density at radius 1 is 1.56 bits per heavy atom. The van der Waals surface area contributed by atoms with Crippen molar-refractivity contribution in [3.63, 3.8) is 0 Å². The van der Waals surface area contributed by atoms with E-state index in [4.69, 9.17) is 9.84 Å². The van der Waals surface area contributed by atoms with Crippen LogP contribution in [0.4, 0.5) is 14.9 Å². The highest BCUT2D eigenvalue weighted by Crippen LogP contribution is 2.31. The van der Waals surface area contributed by atoms with Crippen molar-refractivity contribution in [2.75, 3.05) is 5.32 Å². The zero-order valence-electron chi connectivity index (χ0n) is 8.75. The van der Waals surface area contributed by atoms with E-state index in [-0.39, 0.29) is 11.8 Å². The van der Waals surface area contributed by atoms with Gasteiger partial charge in [-0.1, -0.05) is 0 Å². The molecule has 0 heterocycles. The van der Waals surface area contributed by atoms with Crippen LogP contribution < -0.4 is 10.1 Å². The van der Waals surface area contributed by atoms with Crippen molar-refractivity contribution in [2.45, 2.75) is 20.0 Å². The van der Waals surface area contributed by atoms with Crippen molar-refractivity contribution in [3.05, 3.63) is 22.4 Å². The van der Waals surface area contributed by atoms with E-state index in [1.807, 2.05) is 19.2 Å². The fraction of sp³-hybridized carbons (Fsp3) is 0.300. The summed E-state index contributed by atoms with van der Waals surface area (Å²) >= 11 is 3.14. The molecule has 2 N–H and O–H groups in total. The molecule has 1 rings (SSSR count). The standard InChI is InChI=1S/C10H11BrFNO3/c1-5(2)16-9-4-8(13-10(14)15)7(12)3-6(9)11/h3-5,13H,1-2H3,(H,14,15). The molecule has 16 heavy (non-hydrogen) atoms. The number of rotatable bonds is 3. The van der Waals surface area contributed by atoms with E-state index >= 15 is 0 Å². The van der Waals surface area contributed by atoms with Crippen molar-refractivity contribution >= 4 is 27.7 Å². The molecular weight excluding hydrogens is 281 g/mol. The second-order valence-electron chi connectivity index (χ2n) is 3.36. The molecular formula is C10H11BrFNO3. The van der Waals surface area contributed by atoms with Gasteiger partial charge in [0.15, 0.2) is 0 Å². The maximum Gasteiger partial charge on any atom is 0.409 e. The van der Waals surface area contributed by atoms with Crippen molar-refractivity contribution < 1.29 is 19.0 Å². The molecule has 88 valence electrons. The third kappa shape index (κ3) is 3.37. The molecule has 0 bridgehead atoms. The fourth-order valence-electron chi connectivity index (χ4n) is 1.08. The van der Waals surface area contributed by atoms with Crippen LogP contribution in [0.1, 0.15) is 13.8 Å². The van der Waals surface area contributed by atoms with Gasteiger partial charge in [-0.05, 0) is 35.8 Å². The van der Waals surface area contributed by atoms with Crippen LogP contribution in [0.15, 0.2) is 16.6 Å². The summed E-state index contributed by atoms with van der Waals surface area (Å²) in [6, 6.07) is 2.45. The maximum atomic E-state index is 13.3. The lowest BCUT2D eigenvalue weighted by Crippen LogP contribution is -2.11. The smallest absolute Gasteiger partial charge is 0.409 e. The maximum absolute atomic E-state index is 13.3. The molecule has 0 atom stereocenters. The third-order valence-electron chi connectivity index (χ3n) is 1.63. The van der Waals surface area contributed by atoms with Crippen LogP contribution in [0, 0.1) is 5.82 Å². The number of amides is 1. The summed E-state index contributed by atoms with van der Waals surface area (Å²) in [6.07, 6.45) is -1.41. The quantitative estimate of drug-likeness (QED) is 0.896. The zero-order valence-corrected chi connectivity index (χ0v) is 10.3. The molecule has 0 aromatic heterocycles. The second kappa shape index (κ2) is 5.16. The van der Waals surface area contributed by atoms with E-state index in [0.717, 1.165) is 6.07 Å². The van der Waals surface area contributed by atoms with Crippen molar-refractivity contribution in [1.82, 2.24) is 0 Å². The Morgan fingerprint density at radius 3 is 2.69 bits per heavy atom. The minimum absolute atomic E-state index is 0.0839. The summed E-state index contributed by atoms with van der Waals surface area (Å²) in [4.78, 5) is 10.4. The molecule has 0 aliphatic rings. The van der Waals surface area contributed by atoms with Crippen LogP contribution in [-0.2, 0) is 0 Å². The Kier molecular flexibility index (Phi) is 4.12. The van der Waals surface area contributed by atoms with E-state index in [1.54, 1.807) is 0 Å². The largest absolute Gasteiger partial charge is 0.490 e. The predicted molar refractivity (Wildman–Crippen MR) is 61.5 cm³/mol. The molecule has 0 saturated carbocycles. The van der Waals surface area contributed by atoms with Gasteiger partial charge >= 0.3 is 6.09 Å². The first-order chi connectivity index (χ1) is 7.40. The van der Waals surface area contributed by atoms with Gasteiger partial charge in [0, 0.05) is 6.07 Å². The van der Waals surface area contributed by atoms with Gasteiger partial charge in [-0.2, -0.15) is 0 Å². The molecule has 6 heteroatoms. The lowest BCUT2D eigenvalue weighted by Gasteiger charge is -2.13. The number of benzene rings is 1. The summed E-state index contributed by atoms with van der Waals surface area (Å²) in [6.45, 7) is 3.64. The number of ether oxygens (including phenoxy) is 1. The van der Waals surface area contributed by atoms with Gasteiger partial charge < -0.3 is 9.84 Å². The second-order valence-corrected chi connectivity index (χ2v) is 4.21. The van der Waals surface area contributed by atoms with Gasteiger partial charge in [-0.25, -0.2) is 9.18 Å². The number of carboxylic acid groups (broad SMARTS) is 1. The first-order valence-electron chi connectivity index (χ1n) is 4.55. The van der Waals surface area contributed by atoms with Crippen LogP contribution in [-0.4, -0.2) is 17.3 Å². The van der Waals surface area contributed by atoms with Crippen LogP contribution in [0.3, 0.4) is 0 Å². The molecule has 0 spiro atoms. The van der Waals surface area contributed by atoms with Crippen LogP contribution in [0.25, 0.3) is 0 Å². The molecule has 0 saturated heterocycles. The number of hydrogen-bond donors (Lipinski definition) is 2. The van der Waals surface area contributed by atoms with Gasteiger partial charge in [0.2, 0.25) is 0 Å². The average molecular weight is 292 g/mol. The lowest BCUT2D eigenvalue weighted by atomic mass is 10.3. The SMILES string of the molecule is CC(C)Oc1cc(NC(=O)O)c(F)cc1Br. The number of nitrogens with one attached hydrogen (secondary N) is 1. The monoisotopic (exact) mass is 291 g/mol. The molecule has 0 radical (unpaired) electrons. The average Bonchev–Trinajstić information content (AvgIpc) is 2.11. The highest BCUT2D eigenvalue weighted by atomic mass is 79.9. The van der Waals surface area contributed by atoms with E-state index in [9.17, 15) is 9.18 Å². The zero-order chi connectivity index (χ0) is 12.3. The molecule has 4 nitrogen and oxygen atoms in total. The topological polar surface area (TPSA) is 58.6 Å². The van der Waals surface area contributed by atoms with Crippen LogP contribution in [0.2, 0.25) is 0 Å². The lowest BCUT2D eigenvalue weighted by molar-refractivity contribution is 0.209. The van der Waals surface area contributed by atoms with E-state index < -0.39 is 11.9 Å². The Bertz CT molecular complexity index is 409. The van der Waals surface area contributed by atoms with E-state index in [0.29, 0.717) is 10.2 Å². The van der Waals surface area contributed by atoms with Gasteiger partial charge in [0.25, 0.3) is 0 Å². The number of halogens is 2. The summed E-state index contributed by atoms with van der Waals surface area (Å²) < 4.78 is 19.1. The molecule has 0 unspecified atom stereocenters. The highest BCUT2D eigenvalue weighted by molar-refractivity contribution is 9.10. The first kappa shape index (κ1) is 12.8. The molecule has 0 aliphatic carbocycles. The van der Waals surface area contributed by atoms with Gasteiger partial charge in [0.1, 0.15) is 11.6 Å². The summed E-state index contributed by atoms with van der Waals surface area (Å²) in [5.41, 5.74) is -0.133. The van der Waals surface area contributed by atoms with Gasteiger partial charge in [-0.3, -0.25) is 5.32 Å². The fourth-order valence-corrected chi connectivity index (χ4v) is 1.49. The minimum Gasteiger partial charge on any atom is -0.490 e. The minimum atomic E-state index is -1.32. The molecule has 0 aliphatic heterocycles. The number of anilines is 1. The predicted octanol–water partition coefficient (Wildman–Crippen LogP) is 3.47. The van der Waals surface area contributed by atoms with Crippen molar-refractivity contribution in [2.24, 2.45) is 0 Å². The number of hydrogen-bond acceptors (Lipinski definition) is 2. The van der Waals surface area contributed by atoms with Crippen molar-refractivity contribution in [3.8, 4) is 5.75 Å². The molecule has 1 amide bonds. The number of carbonyl (C=O) groups is 1. The summed E-state index contributed by atoms with van der Waals surface area (Å²) in [5, 5.41) is 10.5. The van der Waals surface area contributed by atoms with Crippen LogP contribution in [0.5, 0.6) is 5.75 Å². The summed E-state index contributed by atoms with van der Waals surface area (Å²) in [7, 11) is 0. The van der Waals surface area contributed by atoms with E-state index in [1.165, 1.54) is 6.07 Å². The Morgan fingerprint density at radius 2 is 2.19 bits per heavy atom. The third-order valence-corrected chi connectivity index (χ3v) is 2.25. The van der Waals surface area contributed by atoms with Gasteiger partial charge in [-0.15, -0.1) is 0 Å². The molecule has 0 fully saturated rings. The van der Waals surface area contributed by atoms with Gasteiger partial charge in [0.05, 0.1) is 16.3 Å². The summed E-state index contributed by atoms with van der Waals surface area (Å²) in [5.74, 6) is -0.273. The molecule has 1 aromatic carbocycles. The Labute approximate surface area is 101 Å². The van der Waals surface area contributed by atoms with E-state index in [2.05, 4.69) is 15.9 Å². The van der Waals surface area contributed by atoms with Crippen molar-refractivity contribution in [1.29, 1.82) is 0 Å². The highest BCUT2D eigenvalue weighted by Gasteiger charge is 2.12. The first-order valence-corrected chi connectivity index (χ1v) is 5.35. The Hall–Kier alpha value is -1.30. The Balaban J connectivity index is 3.05. The normalized spacial score (nSPS) is 10.3. The molecule has 1 aromatic rings.